The van der Waals surface area contributed by atoms with Crippen LogP contribution in [-0.4, -0.2) is 11.2 Å². The fourth-order valence-electron chi connectivity index (χ4n) is 0.996. The van der Waals surface area contributed by atoms with Crippen LogP contribution in [0.25, 0.3) is 0 Å². The molecule has 1 aromatic rings. The smallest absolute Gasteiger partial charge is 0.124 e. The molecule has 1 rings (SSSR count). The molecule has 1 aromatic carbocycles. The molecule has 1 N–H and O–H groups in total. The van der Waals surface area contributed by atoms with Gasteiger partial charge in [0, 0.05) is 11.4 Å². The van der Waals surface area contributed by atoms with Crippen LogP contribution >= 0.6 is 11.6 Å². The summed E-state index contributed by atoms with van der Waals surface area (Å²) in [6, 6.07) is 4.11. The first-order chi connectivity index (χ1) is 6.13. The Kier molecular flexibility index (Phi) is 3.46. The Hall–Kier alpha value is -0.860. The van der Waals surface area contributed by atoms with Crippen molar-refractivity contribution in [1.82, 2.24) is 0 Å². The third kappa shape index (κ3) is 2.83. The molecule has 0 radical (unpaired) electrons. The predicted octanol–water partition coefficient (Wildman–Crippen LogP) is 2.57. The molecule has 0 bridgehead atoms. The molecule has 0 aliphatic rings. The average Bonchev–Trinajstić information content (AvgIpc) is 2.09. The second-order valence-electron chi connectivity index (χ2n) is 2.74. The third-order valence-electron chi connectivity index (χ3n) is 1.72. The molecule has 0 aliphatic heterocycles. The first kappa shape index (κ1) is 10.2. The van der Waals surface area contributed by atoms with E-state index in [-0.39, 0.29) is 5.82 Å². The van der Waals surface area contributed by atoms with Crippen molar-refractivity contribution >= 4 is 11.6 Å². The normalized spacial score (nSPS) is 12.5. The molecular weight excluding hydrogens is 191 g/mol. The van der Waals surface area contributed by atoms with Crippen LogP contribution in [0.2, 0.25) is 5.02 Å². The Balaban J connectivity index is 2.83. The Labute approximate surface area is 81.5 Å². The monoisotopic (exact) mass is 200 g/mol. The number of benzene rings is 1. The van der Waals surface area contributed by atoms with Crippen LogP contribution in [0.3, 0.4) is 0 Å². The van der Waals surface area contributed by atoms with Crippen molar-refractivity contribution in [2.24, 2.45) is 0 Å². The number of hydrogen-bond donors (Lipinski definition) is 1. The van der Waals surface area contributed by atoms with E-state index < -0.39 is 6.10 Å². The number of rotatable bonds is 3. The van der Waals surface area contributed by atoms with E-state index in [1.54, 1.807) is 6.07 Å². The molecule has 0 saturated heterocycles. The van der Waals surface area contributed by atoms with Gasteiger partial charge in [0.1, 0.15) is 5.82 Å². The van der Waals surface area contributed by atoms with Crippen molar-refractivity contribution in [3.8, 4) is 0 Å². The quantitative estimate of drug-likeness (QED) is 0.744. The maximum absolute atomic E-state index is 12.6. The minimum atomic E-state index is -0.636. The molecule has 70 valence electrons. The van der Waals surface area contributed by atoms with Gasteiger partial charge in [0.15, 0.2) is 0 Å². The SMILES string of the molecule is C=C[C@@H](O)Cc1ccc(F)cc1Cl. The molecule has 0 fully saturated rings. The summed E-state index contributed by atoms with van der Waals surface area (Å²) in [6.45, 7) is 3.44. The molecule has 0 aromatic heterocycles. The molecule has 13 heavy (non-hydrogen) atoms. The van der Waals surface area contributed by atoms with Crippen molar-refractivity contribution in [2.75, 3.05) is 0 Å². The molecule has 3 heteroatoms. The van der Waals surface area contributed by atoms with Gasteiger partial charge < -0.3 is 5.11 Å². The van der Waals surface area contributed by atoms with Crippen LogP contribution in [0.5, 0.6) is 0 Å². The van der Waals surface area contributed by atoms with Crippen molar-refractivity contribution in [3.05, 3.63) is 47.3 Å². The van der Waals surface area contributed by atoms with Crippen LogP contribution in [0.1, 0.15) is 5.56 Å². The Morgan fingerprint density at radius 2 is 2.31 bits per heavy atom. The number of aliphatic hydroxyl groups is 1. The van der Waals surface area contributed by atoms with Crippen LogP contribution in [-0.2, 0) is 6.42 Å². The average molecular weight is 201 g/mol. The lowest BCUT2D eigenvalue weighted by Crippen LogP contribution is -2.06. The highest BCUT2D eigenvalue weighted by molar-refractivity contribution is 6.31. The number of aliphatic hydroxyl groups excluding tert-OH is 1. The van der Waals surface area contributed by atoms with E-state index in [2.05, 4.69) is 6.58 Å². The van der Waals surface area contributed by atoms with E-state index in [1.165, 1.54) is 18.2 Å². The van der Waals surface area contributed by atoms with Crippen LogP contribution in [0.15, 0.2) is 30.9 Å². The van der Waals surface area contributed by atoms with E-state index in [0.29, 0.717) is 11.4 Å². The fourth-order valence-corrected chi connectivity index (χ4v) is 1.24. The summed E-state index contributed by atoms with van der Waals surface area (Å²) in [5, 5.41) is 9.57. The lowest BCUT2D eigenvalue weighted by Gasteiger charge is -2.06. The zero-order valence-corrected chi connectivity index (χ0v) is 7.76. The van der Waals surface area contributed by atoms with Gasteiger partial charge in [-0.25, -0.2) is 4.39 Å². The second kappa shape index (κ2) is 4.40. The van der Waals surface area contributed by atoms with Crippen LogP contribution < -0.4 is 0 Å². The maximum Gasteiger partial charge on any atom is 0.124 e. The highest BCUT2D eigenvalue weighted by atomic mass is 35.5. The largest absolute Gasteiger partial charge is 0.389 e. The summed E-state index contributed by atoms with van der Waals surface area (Å²) in [5.74, 6) is -0.373. The first-order valence-corrected chi connectivity index (χ1v) is 4.26. The summed E-state index contributed by atoms with van der Waals surface area (Å²) in [5.41, 5.74) is 0.718. The molecular formula is C10H10ClFO. The van der Waals surface area contributed by atoms with Crippen molar-refractivity contribution in [2.45, 2.75) is 12.5 Å². The van der Waals surface area contributed by atoms with Gasteiger partial charge in [-0.05, 0) is 17.7 Å². The molecule has 0 amide bonds. The zero-order valence-electron chi connectivity index (χ0n) is 7.00. The van der Waals surface area contributed by atoms with Gasteiger partial charge in [-0.3, -0.25) is 0 Å². The molecule has 1 nitrogen and oxygen atoms in total. The molecule has 0 heterocycles. The van der Waals surface area contributed by atoms with E-state index in [4.69, 9.17) is 11.6 Å². The van der Waals surface area contributed by atoms with Gasteiger partial charge in [-0.1, -0.05) is 23.7 Å². The van der Waals surface area contributed by atoms with E-state index in [1.807, 2.05) is 0 Å². The van der Waals surface area contributed by atoms with Crippen molar-refractivity contribution in [1.29, 1.82) is 0 Å². The molecule has 0 saturated carbocycles. The summed E-state index contributed by atoms with van der Waals surface area (Å²) >= 11 is 5.75. The second-order valence-corrected chi connectivity index (χ2v) is 3.15. The van der Waals surface area contributed by atoms with Crippen LogP contribution in [0, 0.1) is 5.82 Å². The number of hydrogen-bond acceptors (Lipinski definition) is 1. The molecule has 1 atom stereocenters. The van der Waals surface area contributed by atoms with Crippen molar-refractivity contribution < 1.29 is 9.50 Å². The fraction of sp³-hybridized carbons (Fsp3) is 0.200. The summed E-state index contributed by atoms with van der Waals surface area (Å²) in [4.78, 5) is 0. The van der Waals surface area contributed by atoms with E-state index in [9.17, 15) is 9.50 Å². The Morgan fingerprint density at radius 1 is 1.62 bits per heavy atom. The van der Waals surface area contributed by atoms with E-state index in [0.717, 1.165) is 5.56 Å². The standard InChI is InChI=1S/C10H10ClFO/c1-2-9(13)5-7-3-4-8(12)6-10(7)11/h2-4,6,9,13H,1,5H2/t9-/m1/s1. The van der Waals surface area contributed by atoms with Crippen LogP contribution in [0.4, 0.5) is 4.39 Å². The predicted molar refractivity (Wildman–Crippen MR) is 51.3 cm³/mol. The molecule has 0 aliphatic carbocycles. The van der Waals surface area contributed by atoms with Gasteiger partial charge in [-0.15, -0.1) is 6.58 Å². The summed E-state index contributed by atoms with van der Waals surface area (Å²) in [6.07, 6.45) is 1.14. The minimum absolute atomic E-state index is 0.334. The van der Waals surface area contributed by atoms with E-state index >= 15 is 0 Å². The lowest BCUT2D eigenvalue weighted by atomic mass is 10.1. The Morgan fingerprint density at radius 3 is 2.85 bits per heavy atom. The third-order valence-corrected chi connectivity index (χ3v) is 2.07. The zero-order chi connectivity index (χ0) is 9.84. The maximum atomic E-state index is 12.6. The minimum Gasteiger partial charge on any atom is -0.389 e. The van der Waals surface area contributed by atoms with Gasteiger partial charge in [-0.2, -0.15) is 0 Å². The van der Waals surface area contributed by atoms with Gasteiger partial charge >= 0.3 is 0 Å². The Bertz CT molecular complexity index is 312. The highest BCUT2D eigenvalue weighted by Crippen LogP contribution is 2.18. The van der Waals surface area contributed by atoms with Gasteiger partial charge in [0.25, 0.3) is 0 Å². The summed E-state index contributed by atoms with van der Waals surface area (Å²) in [7, 11) is 0. The number of halogens is 2. The highest BCUT2D eigenvalue weighted by Gasteiger charge is 2.05. The van der Waals surface area contributed by atoms with Gasteiger partial charge in [0.2, 0.25) is 0 Å². The summed E-state index contributed by atoms with van der Waals surface area (Å²) < 4.78 is 12.6. The first-order valence-electron chi connectivity index (χ1n) is 3.88. The molecule has 0 unspecified atom stereocenters. The topological polar surface area (TPSA) is 20.2 Å². The van der Waals surface area contributed by atoms with Crippen molar-refractivity contribution in [3.63, 3.8) is 0 Å². The van der Waals surface area contributed by atoms with Gasteiger partial charge in [0.05, 0.1) is 6.10 Å². The lowest BCUT2D eigenvalue weighted by molar-refractivity contribution is 0.224. The molecule has 0 spiro atoms.